The highest BCUT2D eigenvalue weighted by Gasteiger charge is 2.21. The fraction of sp³-hybridized carbons (Fsp3) is 0.0714. The molecule has 0 unspecified atom stereocenters. The van der Waals surface area contributed by atoms with Crippen LogP contribution in [0.5, 0.6) is 5.75 Å². The highest BCUT2D eigenvalue weighted by atomic mass is 19.3. The van der Waals surface area contributed by atoms with Gasteiger partial charge < -0.3 is 9.15 Å². The molecule has 3 rings (SSSR count). The van der Waals surface area contributed by atoms with Crippen LogP contribution >= 0.6 is 0 Å². The Morgan fingerprint density at radius 1 is 1.23 bits per heavy atom. The van der Waals surface area contributed by atoms with E-state index in [1.165, 1.54) is 30.3 Å². The molecule has 8 heteroatoms. The predicted molar refractivity (Wildman–Crippen MR) is 71.7 cm³/mol. The van der Waals surface area contributed by atoms with Crippen LogP contribution in [0.3, 0.4) is 0 Å². The van der Waals surface area contributed by atoms with Crippen molar-refractivity contribution in [3.63, 3.8) is 0 Å². The zero-order valence-electron chi connectivity index (χ0n) is 10.8. The van der Waals surface area contributed by atoms with Gasteiger partial charge in [0, 0.05) is 10.8 Å². The standard InChI is InChI=1S/C14H7F2NO5/c15-14(16)22-11-3-1-2-8-9-6-7(13(18)17(19)20)4-5-10(9)21-12(8)11/h1-6,14H. The van der Waals surface area contributed by atoms with E-state index in [0.29, 0.717) is 16.4 Å². The van der Waals surface area contributed by atoms with Gasteiger partial charge in [-0.05, 0) is 24.3 Å². The average Bonchev–Trinajstić information content (AvgIpc) is 2.85. The molecule has 0 aliphatic carbocycles. The first kappa shape index (κ1) is 13.9. The average molecular weight is 307 g/mol. The summed E-state index contributed by atoms with van der Waals surface area (Å²) < 4.78 is 34.6. The summed E-state index contributed by atoms with van der Waals surface area (Å²) in [6.07, 6.45) is 0. The molecule has 1 amide bonds. The van der Waals surface area contributed by atoms with Gasteiger partial charge in [-0.3, -0.25) is 10.1 Å². The molecule has 0 bridgehead atoms. The van der Waals surface area contributed by atoms with Crippen molar-refractivity contribution in [1.29, 1.82) is 0 Å². The van der Waals surface area contributed by atoms with Crippen LogP contribution in [-0.2, 0) is 0 Å². The van der Waals surface area contributed by atoms with Gasteiger partial charge in [0.15, 0.2) is 11.3 Å². The Morgan fingerprint density at radius 3 is 2.68 bits per heavy atom. The number of para-hydroxylation sites is 1. The molecule has 3 aromatic rings. The Labute approximate surface area is 121 Å². The molecular weight excluding hydrogens is 300 g/mol. The normalized spacial score (nSPS) is 11.2. The molecule has 1 aromatic heterocycles. The second-order valence-corrected chi connectivity index (χ2v) is 4.39. The van der Waals surface area contributed by atoms with Crippen molar-refractivity contribution in [2.75, 3.05) is 0 Å². The number of halogens is 2. The largest absolute Gasteiger partial charge is 0.476 e. The first-order chi connectivity index (χ1) is 10.5. The second-order valence-electron chi connectivity index (χ2n) is 4.39. The number of ether oxygens (including phenoxy) is 1. The third kappa shape index (κ3) is 2.24. The van der Waals surface area contributed by atoms with Gasteiger partial charge in [0.1, 0.15) is 10.5 Å². The molecule has 112 valence electrons. The van der Waals surface area contributed by atoms with Crippen molar-refractivity contribution < 1.29 is 27.7 Å². The molecule has 0 aliphatic rings. The first-order valence-electron chi connectivity index (χ1n) is 6.06. The van der Waals surface area contributed by atoms with Crippen LogP contribution in [0.15, 0.2) is 40.8 Å². The van der Waals surface area contributed by atoms with Gasteiger partial charge in [-0.25, -0.2) is 4.79 Å². The van der Waals surface area contributed by atoms with Gasteiger partial charge in [0.2, 0.25) is 0 Å². The van der Waals surface area contributed by atoms with Crippen molar-refractivity contribution in [3.05, 3.63) is 52.1 Å². The van der Waals surface area contributed by atoms with E-state index in [2.05, 4.69) is 4.74 Å². The molecule has 2 aromatic carbocycles. The van der Waals surface area contributed by atoms with E-state index in [4.69, 9.17) is 4.42 Å². The van der Waals surface area contributed by atoms with Crippen LogP contribution in [0.25, 0.3) is 21.9 Å². The lowest BCUT2D eigenvalue weighted by molar-refractivity contribution is -0.375. The van der Waals surface area contributed by atoms with E-state index in [9.17, 15) is 23.7 Å². The van der Waals surface area contributed by atoms with E-state index in [0.717, 1.165) is 0 Å². The Bertz CT molecular complexity index is 903. The van der Waals surface area contributed by atoms with Crippen molar-refractivity contribution in [1.82, 2.24) is 0 Å². The first-order valence-corrected chi connectivity index (χ1v) is 6.06. The molecule has 0 saturated heterocycles. The number of fused-ring (bicyclic) bond motifs is 3. The van der Waals surface area contributed by atoms with Gasteiger partial charge >= 0.3 is 12.5 Å². The summed E-state index contributed by atoms with van der Waals surface area (Å²) in [6.45, 7) is -3.01. The van der Waals surface area contributed by atoms with Gasteiger partial charge in [0.05, 0.1) is 5.56 Å². The topological polar surface area (TPSA) is 82.6 Å². The van der Waals surface area contributed by atoms with E-state index in [1.807, 2.05) is 0 Å². The van der Waals surface area contributed by atoms with Gasteiger partial charge in [-0.1, -0.05) is 12.1 Å². The van der Waals surface area contributed by atoms with Crippen molar-refractivity contribution >= 4 is 27.8 Å². The summed E-state index contributed by atoms with van der Waals surface area (Å²) in [5.41, 5.74) is 0.268. The summed E-state index contributed by atoms with van der Waals surface area (Å²) >= 11 is 0. The number of hydrogen-bond acceptors (Lipinski definition) is 5. The van der Waals surface area contributed by atoms with Crippen molar-refractivity contribution in [2.24, 2.45) is 0 Å². The summed E-state index contributed by atoms with van der Waals surface area (Å²) in [6, 6.07) is 8.29. The maximum atomic E-state index is 12.4. The molecule has 0 N–H and O–H groups in total. The third-order valence-corrected chi connectivity index (χ3v) is 3.09. The molecule has 6 nitrogen and oxygen atoms in total. The highest BCUT2D eigenvalue weighted by Crippen LogP contribution is 2.35. The van der Waals surface area contributed by atoms with Crippen LogP contribution in [-0.4, -0.2) is 17.4 Å². The summed E-state index contributed by atoms with van der Waals surface area (Å²) in [7, 11) is 0. The van der Waals surface area contributed by atoms with Gasteiger partial charge in [-0.2, -0.15) is 8.78 Å². The highest BCUT2D eigenvalue weighted by molar-refractivity contribution is 6.08. The fourth-order valence-electron chi connectivity index (χ4n) is 2.20. The molecule has 0 radical (unpaired) electrons. The quantitative estimate of drug-likeness (QED) is 0.545. The Hall–Kier alpha value is -3.03. The van der Waals surface area contributed by atoms with Crippen LogP contribution in [0.4, 0.5) is 8.78 Å². The van der Waals surface area contributed by atoms with Crippen molar-refractivity contribution in [3.8, 4) is 5.75 Å². The number of hydrogen-bond donors (Lipinski definition) is 0. The lowest BCUT2D eigenvalue weighted by atomic mass is 10.1. The molecule has 0 atom stereocenters. The zero-order valence-corrected chi connectivity index (χ0v) is 10.8. The molecule has 0 spiro atoms. The van der Waals surface area contributed by atoms with Gasteiger partial charge in [0.25, 0.3) is 0 Å². The maximum absolute atomic E-state index is 12.4. The third-order valence-electron chi connectivity index (χ3n) is 3.09. The van der Waals surface area contributed by atoms with Crippen LogP contribution in [0.2, 0.25) is 0 Å². The molecule has 1 heterocycles. The molecule has 0 saturated carbocycles. The van der Waals surface area contributed by atoms with Crippen LogP contribution < -0.4 is 4.74 Å². The Balaban J connectivity index is 2.22. The summed E-state index contributed by atoms with van der Waals surface area (Å²) in [4.78, 5) is 20.9. The minimum atomic E-state index is -3.01. The van der Waals surface area contributed by atoms with Gasteiger partial charge in [-0.15, -0.1) is 0 Å². The number of carbonyl (C=O) groups excluding carboxylic acids is 1. The Morgan fingerprint density at radius 2 is 2.00 bits per heavy atom. The van der Waals surface area contributed by atoms with Crippen LogP contribution in [0, 0.1) is 10.1 Å². The molecule has 0 fully saturated rings. The number of alkyl halides is 2. The summed E-state index contributed by atoms with van der Waals surface area (Å²) in [5, 5.41) is 11.4. The van der Waals surface area contributed by atoms with E-state index < -0.39 is 17.4 Å². The monoisotopic (exact) mass is 307 g/mol. The Kier molecular flexibility index (Phi) is 3.21. The predicted octanol–water partition coefficient (Wildman–Crippen LogP) is 3.60. The zero-order chi connectivity index (χ0) is 15.9. The molecule has 22 heavy (non-hydrogen) atoms. The van der Waals surface area contributed by atoms with Crippen molar-refractivity contribution in [2.45, 2.75) is 6.61 Å². The van der Waals surface area contributed by atoms with E-state index >= 15 is 0 Å². The molecular formula is C14H7F2NO5. The van der Waals surface area contributed by atoms with E-state index in [-0.39, 0.29) is 16.9 Å². The lowest BCUT2D eigenvalue weighted by Gasteiger charge is -2.03. The minimum absolute atomic E-state index is 0.0866. The number of rotatable bonds is 3. The smallest absolute Gasteiger partial charge is 0.452 e. The number of furan rings is 1. The number of nitro groups is 1. The lowest BCUT2D eigenvalue weighted by Crippen LogP contribution is -2.10. The fourth-order valence-corrected chi connectivity index (χ4v) is 2.20. The van der Waals surface area contributed by atoms with Crippen LogP contribution in [0.1, 0.15) is 10.4 Å². The summed E-state index contributed by atoms with van der Waals surface area (Å²) in [5.74, 6) is -1.40. The number of nitrogens with zero attached hydrogens (tertiary/aromatic N) is 1. The SMILES string of the molecule is O=C(c1ccc2oc3c(OC(F)F)cccc3c2c1)[N+](=O)[O-]. The maximum Gasteiger partial charge on any atom is 0.476 e. The number of benzene rings is 2. The number of carbonyl (C=O) groups is 1. The molecule has 0 aliphatic heterocycles. The number of amides is 1. The van der Waals surface area contributed by atoms with E-state index in [1.54, 1.807) is 6.07 Å². The minimum Gasteiger partial charge on any atom is -0.452 e. The second kappa shape index (κ2) is 5.06.